The van der Waals surface area contributed by atoms with Crippen LogP contribution in [0, 0.1) is 24.7 Å². The Bertz CT molecular complexity index is 593. The van der Waals surface area contributed by atoms with Gasteiger partial charge in [0.25, 0.3) is 5.91 Å². The van der Waals surface area contributed by atoms with Gasteiger partial charge in [0.1, 0.15) is 5.75 Å². The molecule has 23 heavy (non-hydrogen) atoms. The second-order valence-electron chi connectivity index (χ2n) is 7.94. The van der Waals surface area contributed by atoms with Crippen molar-refractivity contribution >= 4 is 21.8 Å². The third-order valence-electron chi connectivity index (χ3n) is 5.94. The fourth-order valence-electron chi connectivity index (χ4n) is 5.51. The maximum absolute atomic E-state index is 12.4. The number of hydrogen-bond acceptors (Lipinski definition) is 2. The Balaban J connectivity index is 1.37. The zero-order valence-corrected chi connectivity index (χ0v) is 15.2. The molecular weight excluding hydrogens is 354 g/mol. The highest BCUT2D eigenvalue weighted by atomic mass is 79.9. The molecule has 4 fully saturated rings. The molecule has 1 aromatic carbocycles. The third kappa shape index (κ3) is 3.15. The minimum atomic E-state index is 0.0364. The monoisotopic (exact) mass is 377 g/mol. The van der Waals surface area contributed by atoms with Gasteiger partial charge in [0.2, 0.25) is 0 Å². The highest BCUT2D eigenvalue weighted by molar-refractivity contribution is 9.10. The highest BCUT2D eigenvalue weighted by Gasteiger charge is 2.51. The minimum absolute atomic E-state index is 0.0364. The minimum Gasteiger partial charge on any atom is -0.484 e. The quantitative estimate of drug-likeness (QED) is 0.852. The molecule has 0 unspecified atom stereocenters. The normalized spacial score (nSPS) is 34.4. The Hall–Kier alpha value is -1.03. The number of rotatable bonds is 4. The van der Waals surface area contributed by atoms with Gasteiger partial charge in [-0.05, 0) is 87.0 Å². The van der Waals surface area contributed by atoms with E-state index in [0.29, 0.717) is 0 Å². The lowest BCUT2D eigenvalue weighted by molar-refractivity contribution is -0.128. The summed E-state index contributed by atoms with van der Waals surface area (Å²) in [7, 11) is 0. The van der Waals surface area contributed by atoms with Gasteiger partial charge < -0.3 is 10.1 Å². The molecule has 0 radical (unpaired) electrons. The summed E-state index contributed by atoms with van der Waals surface area (Å²) in [6.45, 7) is 2.11. The van der Waals surface area contributed by atoms with Gasteiger partial charge in [0.15, 0.2) is 6.61 Å². The van der Waals surface area contributed by atoms with E-state index in [0.717, 1.165) is 33.5 Å². The van der Waals surface area contributed by atoms with E-state index in [1.807, 2.05) is 25.1 Å². The molecular formula is C19H24BrNO2. The first kappa shape index (κ1) is 15.5. The van der Waals surface area contributed by atoms with Crippen LogP contribution >= 0.6 is 15.9 Å². The van der Waals surface area contributed by atoms with Gasteiger partial charge in [0, 0.05) is 10.0 Å². The molecule has 124 valence electrons. The Morgan fingerprint density at radius 3 is 2.39 bits per heavy atom. The first-order valence-electron chi connectivity index (χ1n) is 8.71. The van der Waals surface area contributed by atoms with E-state index in [4.69, 9.17) is 4.74 Å². The van der Waals surface area contributed by atoms with Crippen LogP contribution in [0.5, 0.6) is 5.75 Å². The van der Waals surface area contributed by atoms with E-state index < -0.39 is 0 Å². The van der Waals surface area contributed by atoms with Crippen LogP contribution in [0.25, 0.3) is 0 Å². The molecule has 4 aliphatic carbocycles. The topological polar surface area (TPSA) is 38.3 Å². The lowest BCUT2D eigenvalue weighted by Gasteiger charge is -2.56. The first-order valence-corrected chi connectivity index (χ1v) is 9.51. The van der Waals surface area contributed by atoms with Gasteiger partial charge in [-0.15, -0.1) is 0 Å². The molecule has 1 N–H and O–H groups in total. The van der Waals surface area contributed by atoms with Gasteiger partial charge in [-0.25, -0.2) is 0 Å². The summed E-state index contributed by atoms with van der Waals surface area (Å²) in [5.41, 5.74) is 1.12. The van der Waals surface area contributed by atoms with Crippen molar-refractivity contribution in [1.29, 1.82) is 0 Å². The number of halogens is 1. The Morgan fingerprint density at radius 1 is 1.22 bits per heavy atom. The number of aryl methyl sites for hydroxylation is 1. The van der Waals surface area contributed by atoms with Crippen molar-refractivity contribution in [3.63, 3.8) is 0 Å². The molecule has 1 amide bonds. The van der Waals surface area contributed by atoms with Crippen LogP contribution in [0.4, 0.5) is 0 Å². The molecule has 4 saturated carbocycles. The molecule has 0 aliphatic heterocycles. The van der Waals surface area contributed by atoms with Crippen LogP contribution in [0.3, 0.4) is 0 Å². The van der Waals surface area contributed by atoms with Crippen LogP contribution in [-0.4, -0.2) is 18.1 Å². The summed E-state index contributed by atoms with van der Waals surface area (Å²) in [6, 6.07) is 5.86. The van der Waals surface area contributed by atoms with Gasteiger partial charge in [-0.2, -0.15) is 0 Å². The van der Waals surface area contributed by atoms with Crippen molar-refractivity contribution in [2.45, 2.75) is 51.0 Å². The summed E-state index contributed by atoms with van der Waals surface area (Å²) in [4.78, 5) is 12.4. The van der Waals surface area contributed by atoms with Crippen molar-refractivity contribution < 1.29 is 9.53 Å². The van der Waals surface area contributed by atoms with Crippen molar-refractivity contribution in [3.8, 4) is 5.75 Å². The molecule has 4 bridgehead atoms. The molecule has 1 aromatic rings. The average molecular weight is 378 g/mol. The van der Waals surface area contributed by atoms with Crippen molar-refractivity contribution in [3.05, 3.63) is 28.2 Å². The maximum atomic E-state index is 12.4. The van der Waals surface area contributed by atoms with E-state index in [1.54, 1.807) is 0 Å². The van der Waals surface area contributed by atoms with E-state index >= 15 is 0 Å². The fourth-order valence-corrected chi connectivity index (χ4v) is 5.99. The molecule has 0 saturated heterocycles. The molecule has 3 nitrogen and oxygen atoms in total. The summed E-state index contributed by atoms with van der Waals surface area (Å²) >= 11 is 3.45. The molecule has 0 atom stereocenters. The summed E-state index contributed by atoms with van der Waals surface area (Å²) in [5, 5.41) is 3.35. The third-order valence-corrected chi connectivity index (χ3v) is 6.43. The highest BCUT2D eigenvalue weighted by Crippen LogP contribution is 2.55. The molecule has 0 heterocycles. The summed E-state index contributed by atoms with van der Waals surface area (Å²) in [5.74, 6) is 3.35. The number of carbonyl (C=O) groups is 1. The predicted molar refractivity (Wildman–Crippen MR) is 93.4 cm³/mol. The number of nitrogens with one attached hydrogen (secondary N) is 1. The second kappa shape index (κ2) is 5.80. The number of carbonyl (C=O) groups excluding carboxylic acids is 1. The van der Waals surface area contributed by atoms with Gasteiger partial charge in [-0.3, -0.25) is 4.79 Å². The number of amides is 1. The average Bonchev–Trinajstić information content (AvgIpc) is 2.44. The predicted octanol–water partition coefficient (Wildman–Crippen LogP) is 4.22. The molecule has 0 spiro atoms. The molecule has 4 heteroatoms. The van der Waals surface area contributed by atoms with E-state index in [1.165, 1.54) is 38.5 Å². The summed E-state index contributed by atoms with van der Waals surface area (Å²) < 4.78 is 6.76. The van der Waals surface area contributed by atoms with Crippen molar-refractivity contribution in [1.82, 2.24) is 5.32 Å². The van der Waals surface area contributed by atoms with Crippen molar-refractivity contribution in [2.24, 2.45) is 17.8 Å². The van der Waals surface area contributed by atoms with Gasteiger partial charge >= 0.3 is 0 Å². The van der Waals surface area contributed by atoms with E-state index in [-0.39, 0.29) is 18.1 Å². The smallest absolute Gasteiger partial charge is 0.258 e. The fraction of sp³-hybridized carbons (Fsp3) is 0.632. The van der Waals surface area contributed by atoms with Crippen LogP contribution < -0.4 is 10.1 Å². The van der Waals surface area contributed by atoms with Crippen molar-refractivity contribution in [2.75, 3.05) is 6.61 Å². The molecule has 5 rings (SSSR count). The largest absolute Gasteiger partial charge is 0.484 e. The molecule has 0 aromatic heterocycles. The summed E-state index contributed by atoms with van der Waals surface area (Å²) in [6.07, 6.45) is 7.73. The van der Waals surface area contributed by atoms with E-state index in [9.17, 15) is 4.79 Å². The lowest BCUT2D eigenvalue weighted by atomic mass is 9.53. The van der Waals surface area contributed by atoms with Gasteiger partial charge in [0.05, 0.1) is 0 Å². The zero-order valence-electron chi connectivity index (χ0n) is 13.6. The SMILES string of the molecule is Cc1cc(Br)ccc1OCC(=O)NC12CC3CC(CC(C3)C1)C2. The standard InChI is InChI=1S/C19H24BrNO2/c1-12-4-16(20)2-3-17(12)23-11-18(22)21-19-8-13-5-14(9-19)7-15(6-13)10-19/h2-4,13-15H,5-11H2,1H3,(H,21,22). The van der Waals surface area contributed by atoms with Crippen LogP contribution in [-0.2, 0) is 4.79 Å². The zero-order chi connectivity index (χ0) is 16.0. The van der Waals surface area contributed by atoms with Crippen LogP contribution in [0.1, 0.15) is 44.1 Å². The Labute approximate surface area is 146 Å². The Kier molecular flexibility index (Phi) is 3.91. The molecule has 4 aliphatic rings. The van der Waals surface area contributed by atoms with Gasteiger partial charge in [-0.1, -0.05) is 15.9 Å². The van der Waals surface area contributed by atoms with E-state index in [2.05, 4.69) is 21.2 Å². The van der Waals surface area contributed by atoms with Crippen LogP contribution in [0.2, 0.25) is 0 Å². The van der Waals surface area contributed by atoms with Crippen LogP contribution in [0.15, 0.2) is 22.7 Å². The number of ether oxygens (including phenoxy) is 1. The number of hydrogen-bond donors (Lipinski definition) is 1. The lowest BCUT2D eigenvalue weighted by Crippen LogP contribution is -2.60. The second-order valence-corrected chi connectivity index (χ2v) is 8.86. The maximum Gasteiger partial charge on any atom is 0.258 e. The first-order chi connectivity index (χ1) is 11.0. The number of benzene rings is 1. The Morgan fingerprint density at radius 2 is 1.83 bits per heavy atom.